The van der Waals surface area contributed by atoms with Gasteiger partial charge in [-0.1, -0.05) is 34.1 Å². The van der Waals surface area contributed by atoms with Crippen molar-refractivity contribution in [2.24, 2.45) is 11.3 Å². The van der Waals surface area contributed by atoms with Crippen molar-refractivity contribution >= 4 is 12.0 Å². The molecular formula is C14H29N3O3. The number of carboxylic acids is 1. The molecule has 20 heavy (non-hydrogen) atoms. The van der Waals surface area contributed by atoms with Gasteiger partial charge in [-0.05, 0) is 25.4 Å². The highest BCUT2D eigenvalue weighted by Crippen LogP contribution is 2.14. The molecule has 118 valence electrons. The fourth-order valence-corrected chi connectivity index (χ4v) is 2.11. The molecule has 3 N–H and O–H groups in total. The van der Waals surface area contributed by atoms with Gasteiger partial charge in [0.1, 0.15) is 6.04 Å². The molecule has 0 aliphatic rings. The summed E-state index contributed by atoms with van der Waals surface area (Å²) in [7, 11) is 3.95. The van der Waals surface area contributed by atoms with Crippen LogP contribution in [0.15, 0.2) is 0 Å². The summed E-state index contributed by atoms with van der Waals surface area (Å²) in [6.45, 7) is 9.15. The molecule has 0 aromatic rings. The molecule has 0 aliphatic heterocycles. The number of rotatable bonds is 8. The van der Waals surface area contributed by atoms with Crippen molar-refractivity contribution in [1.82, 2.24) is 15.5 Å². The van der Waals surface area contributed by atoms with Crippen molar-refractivity contribution in [2.45, 2.75) is 40.2 Å². The zero-order valence-electron chi connectivity index (χ0n) is 13.5. The van der Waals surface area contributed by atoms with E-state index in [2.05, 4.69) is 29.4 Å². The Hall–Kier alpha value is -1.30. The number of carbonyl (C=O) groups excluding carboxylic acids is 1. The van der Waals surface area contributed by atoms with Gasteiger partial charge in [0.05, 0.1) is 0 Å². The van der Waals surface area contributed by atoms with Crippen LogP contribution in [0.4, 0.5) is 4.79 Å². The first kappa shape index (κ1) is 18.7. The van der Waals surface area contributed by atoms with Crippen LogP contribution >= 0.6 is 0 Å². The molecule has 6 nitrogen and oxygen atoms in total. The summed E-state index contributed by atoms with van der Waals surface area (Å²) in [5.74, 6) is -1.10. The molecule has 0 fully saturated rings. The van der Waals surface area contributed by atoms with Crippen LogP contribution in [0.2, 0.25) is 0 Å². The molecule has 0 aromatic carbocycles. The number of hydrogen-bond acceptors (Lipinski definition) is 3. The molecular weight excluding hydrogens is 258 g/mol. The minimum Gasteiger partial charge on any atom is -0.480 e. The number of carbonyl (C=O) groups is 2. The highest BCUT2D eigenvalue weighted by atomic mass is 16.4. The Bertz CT molecular complexity index is 330. The van der Waals surface area contributed by atoms with Crippen LogP contribution in [0.3, 0.4) is 0 Å². The third-order valence-electron chi connectivity index (χ3n) is 3.24. The largest absolute Gasteiger partial charge is 0.480 e. The molecule has 0 bridgehead atoms. The predicted molar refractivity (Wildman–Crippen MR) is 79.7 cm³/mol. The van der Waals surface area contributed by atoms with Gasteiger partial charge in [0.15, 0.2) is 0 Å². The summed E-state index contributed by atoms with van der Waals surface area (Å²) in [5, 5.41) is 14.4. The van der Waals surface area contributed by atoms with E-state index >= 15 is 0 Å². The average Bonchev–Trinajstić information content (AvgIpc) is 2.30. The number of aliphatic carboxylic acids is 1. The summed E-state index contributed by atoms with van der Waals surface area (Å²) in [4.78, 5) is 25.0. The van der Waals surface area contributed by atoms with E-state index in [1.54, 1.807) is 0 Å². The molecule has 0 rings (SSSR count). The van der Waals surface area contributed by atoms with E-state index in [9.17, 15) is 9.59 Å². The molecule has 6 heteroatoms. The smallest absolute Gasteiger partial charge is 0.326 e. The Morgan fingerprint density at radius 1 is 1.30 bits per heavy atom. The van der Waals surface area contributed by atoms with Crippen molar-refractivity contribution in [3.63, 3.8) is 0 Å². The first-order valence-corrected chi connectivity index (χ1v) is 7.01. The molecule has 2 amide bonds. The quantitative estimate of drug-likeness (QED) is 0.630. The molecule has 2 atom stereocenters. The average molecular weight is 287 g/mol. The predicted octanol–water partition coefficient (Wildman–Crippen LogP) is 1.37. The maximum Gasteiger partial charge on any atom is 0.326 e. The highest BCUT2D eigenvalue weighted by Gasteiger charge is 2.26. The van der Waals surface area contributed by atoms with Gasteiger partial charge in [-0.3, -0.25) is 0 Å². The van der Waals surface area contributed by atoms with Crippen LogP contribution < -0.4 is 10.6 Å². The summed E-state index contributed by atoms with van der Waals surface area (Å²) >= 11 is 0. The van der Waals surface area contributed by atoms with Crippen molar-refractivity contribution < 1.29 is 14.7 Å². The molecule has 0 radical (unpaired) electrons. The van der Waals surface area contributed by atoms with Gasteiger partial charge < -0.3 is 20.6 Å². The van der Waals surface area contributed by atoms with Gasteiger partial charge in [-0.15, -0.1) is 0 Å². The summed E-state index contributed by atoms with van der Waals surface area (Å²) < 4.78 is 0. The van der Waals surface area contributed by atoms with Gasteiger partial charge >= 0.3 is 12.0 Å². The molecule has 0 saturated heterocycles. The van der Waals surface area contributed by atoms with Gasteiger partial charge in [-0.25, -0.2) is 9.59 Å². The van der Waals surface area contributed by atoms with Crippen LogP contribution in [0.25, 0.3) is 0 Å². The highest BCUT2D eigenvalue weighted by molar-refractivity contribution is 5.82. The number of nitrogens with one attached hydrogen (secondary N) is 2. The minimum absolute atomic E-state index is 0.0735. The third kappa shape index (κ3) is 7.33. The Kier molecular flexibility index (Phi) is 7.57. The van der Waals surface area contributed by atoms with Gasteiger partial charge in [0.2, 0.25) is 0 Å². The van der Waals surface area contributed by atoms with Gasteiger partial charge in [0.25, 0.3) is 0 Å². The lowest BCUT2D eigenvalue weighted by Crippen LogP contribution is -2.51. The lowest BCUT2D eigenvalue weighted by molar-refractivity contribution is -0.140. The van der Waals surface area contributed by atoms with Crippen molar-refractivity contribution in [1.29, 1.82) is 0 Å². The first-order valence-electron chi connectivity index (χ1n) is 7.01. The monoisotopic (exact) mass is 287 g/mol. The van der Waals surface area contributed by atoms with E-state index in [0.717, 1.165) is 6.54 Å². The minimum atomic E-state index is -0.998. The molecule has 2 unspecified atom stereocenters. The van der Waals surface area contributed by atoms with Crippen LogP contribution in [0.5, 0.6) is 0 Å². The summed E-state index contributed by atoms with van der Waals surface area (Å²) in [5.41, 5.74) is -0.0735. The Morgan fingerprint density at radius 2 is 1.85 bits per heavy atom. The van der Waals surface area contributed by atoms with Crippen LogP contribution in [-0.2, 0) is 4.79 Å². The van der Waals surface area contributed by atoms with E-state index in [4.69, 9.17) is 5.11 Å². The topological polar surface area (TPSA) is 81.7 Å². The van der Waals surface area contributed by atoms with Gasteiger partial charge in [0, 0.05) is 13.1 Å². The van der Waals surface area contributed by atoms with Crippen molar-refractivity contribution in [2.75, 3.05) is 27.2 Å². The molecule has 0 heterocycles. The standard InChI is InChI=1S/C14H29N3O3/c1-7-10(2)11(12(18)19)16-13(20)15-8-14(3,4)9-17(5)6/h10-11H,7-9H2,1-6H3,(H,18,19)(H2,15,16,20). The summed E-state index contributed by atoms with van der Waals surface area (Å²) in [6.07, 6.45) is 0.698. The zero-order valence-corrected chi connectivity index (χ0v) is 13.5. The Balaban J connectivity index is 4.37. The van der Waals surface area contributed by atoms with E-state index < -0.39 is 18.0 Å². The van der Waals surface area contributed by atoms with E-state index in [1.807, 2.05) is 27.9 Å². The maximum absolute atomic E-state index is 11.8. The van der Waals surface area contributed by atoms with Crippen molar-refractivity contribution in [3.8, 4) is 0 Å². The fourth-order valence-electron chi connectivity index (χ4n) is 2.11. The van der Waals surface area contributed by atoms with Crippen LogP contribution in [0, 0.1) is 11.3 Å². The number of amides is 2. The zero-order chi connectivity index (χ0) is 15.9. The van der Waals surface area contributed by atoms with E-state index in [-0.39, 0.29) is 11.3 Å². The Morgan fingerprint density at radius 3 is 2.25 bits per heavy atom. The SMILES string of the molecule is CCC(C)C(NC(=O)NCC(C)(C)CN(C)C)C(=O)O. The van der Waals surface area contributed by atoms with Gasteiger partial charge in [-0.2, -0.15) is 0 Å². The third-order valence-corrected chi connectivity index (χ3v) is 3.24. The number of urea groups is 1. The van der Waals surface area contributed by atoms with E-state index in [0.29, 0.717) is 13.0 Å². The first-order chi connectivity index (χ1) is 9.09. The van der Waals surface area contributed by atoms with E-state index in [1.165, 1.54) is 0 Å². The number of carboxylic acid groups (broad SMARTS) is 1. The maximum atomic E-state index is 11.8. The molecule has 0 saturated carbocycles. The van der Waals surface area contributed by atoms with Crippen LogP contribution in [-0.4, -0.2) is 55.2 Å². The fraction of sp³-hybridized carbons (Fsp3) is 0.857. The number of hydrogen-bond donors (Lipinski definition) is 3. The number of nitrogens with zero attached hydrogens (tertiary/aromatic N) is 1. The molecule has 0 spiro atoms. The second kappa shape index (κ2) is 8.09. The lowest BCUT2D eigenvalue weighted by atomic mass is 9.93. The van der Waals surface area contributed by atoms with Crippen molar-refractivity contribution in [3.05, 3.63) is 0 Å². The van der Waals surface area contributed by atoms with Crippen LogP contribution in [0.1, 0.15) is 34.1 Å². The second-order valence-corrected chi connectivity index (χ2v) is 6.43. The molecule has 0 aromatic heterocycles. The molecule has 0 aliphatic carbocycles. The lowest BCUT2D eigenvalue weighted by Gasteiger charge is -2.29. The normalized spacial score (nSPS) is 14.8. The second-order valence-electron chi connectivity index (χ2n) is 6.43. The summed E-state index contributed by atoms with van der Waals surface area (Å²) in [6, 6.07) is -1.28. The Labute approximate surface area is 121 Å².